The summed E-state index contributed by atoms with van der Waals surface area (Å²) in [5, 5.41) is 0.144. The van der Waals surface area contributed by atoms with Gasteiger partial charge in [-0.15, -0.1) is 0 Å². The molecule has 0 aliphatic heterocycles. The quantitative estimate of drug-likeness (QED) is 0.354. The van der Waals surface area contributed by atoms with Crippen LogP contribution in [0, 0.1) is 18.8 Å². The number of rotatable bonds is 3. The van der Waals surface area contributed by atoms with Crippen molar-refractivity contribution < 1.29 is 4.43 Å². The Balaban J connectivity index is 2.34. The van der Waals surface area contributed by atoms with Crippen LogP contribution in [0.5, 0.6) is 0 Å². The summed E-state index contributed by atoms with van der Waals surface area (Å²) in [5.41, 5.74) is 3.33. The van der Waals surface area contributed by atoms with Gasteiger partial charge in [0, 0.05) is 17.2 Å². The molecule has 0 bridgehead atoms. The van der Waals surface area contributed by atoms with Crippen molar-refractivity contribution >= 4 is 14.1 Å². The summed E-state index contributed by atoms with van der Waals surface area (Å²) in [7, 11) is -1.92. The lowest BCUT2D eigenvalue weighted by atomic mass is 10.1. The first kappa shape index (κ1) is 19.1. The van der Waals surface area contributed by atoms with E-state index >= 15 is 0 Å². The molecule has 0 saturated carbocycles. The first-order valence-electron chi connectivity index (χ1n) is 8.72. The van der Waals surface area contributed by atoms with Gasteiger partial charge >= 0.3 is 0 Å². The molecule has 0 spiro atoms. The van der Waals surface area contributed by atoms with Crippen molar-refractivity contribution in [2.45, 2.75) is 45.8 Å². The largest absolute Gasteiger partial charge is 0.543 e. The van der Waals surface area contributed by atoms with E-state index in [1.165, 1.54) is 5.56 Å². The minimum Gasteiger partial charge on any atom is -0.543 e. The zero-order valence-electron chi connectivity index (χ0n) is 16.2. The average Bonchev–Trinajstić information content (AvgIpc) is 2.55. The van der Waals surface area contributed by atoms with E-state index in [0.717, 1.165) is 16.9 Å². The molecule has 0 amide bonds. The molecule has 0 saturated heterocycles. The Morgan fingerprint density at radius 3 is 2.12 bits per heavy atom. The highest BCUT2D eigenvalue weighted by Gasteiger charge is 2.39. The number of aryl methyl sites for hydroxylation is 1. The maximum absolute atomic E-state index is 6.54. The summed E-state index contributed by atoms with van der Waals surface area (Å²) in [5.74, 6) is 7.25. The third-order valence-electron chi connectivity index (χ3n) is 4.70. The normalized spacial score (nSPS) is 12.3. The second-order valence-electron chi connectivity index (χ2n) is 7.87. The molecule has 0 N–H and O–H groups in total. The molecule has 130 valence electrons. The second kappa shape index (κ2) is 7.76. The molecule has 25 heavy (non-hydrogen) atoms. The predicted octanol–water partition coefficient (Wildman–Crippen LogP) is 6.41. The molecule has 1 nitrogen and oxygen atoms in total. The summed E-state index contributed by atoms with van der Waals surface area (Å²) >= 11 is 0. The maximum Gasteiger partial charge on any atom is 0.250 e. The summed E-state index contributed by atoms with van der Waals surface area (Å²) in [6, 6.07) is 18.5. The molecular formula is C23H28OSi. The molecular weight excluding hydrogens is 320 g/mol. The van der Waals surface area contributed by atoms with E-state index in [1.54, 1.807) is 0 Å². The van der Waals surface area contributed by atoms with Crippen LogP contribution in [0.25, 0.3) is 5.76 Å². The lowest BCUT2D eigenvalue weighted by molar-refractivity contribution is 0.458. The molecule has 0 aromatic heterocycles. The molecule has 2 rings (SSSR count). The Labute approximate surface area is 153 Å². The van der Waals surface area contributed by atoms with Gasteiger partial charge in [-0.3, -0.25) is 0 Å². The minimum absolute atomic E-state index is 0.144. The number of benzene rings is 2. The molecule has 2 aromatic carbocycles. The van der Waals surface area contributed by atoms with Crippen LogP contribution in [0.15, 0.2) is 60.7 Å². The summed E-state index contributed by atoms with van der Waals surface area (Å²) in [6.45, 7) is 13.4. The fourth-order valence-corrected chi connectivity index (χ4v) is 3.06. The van der Waals surface area contributed by atoms with Gasteiger partial charge in [0.25, 0.3) is 8.32 Å². The van der Waals surface area contributed by atoms with Crippen molar-refractivity contribution in [3.05, 3.63) is 77.4 Å². The first-order valence-corrected chi connectivity index (χ1v) is 11.6. The monoisotopic (exact) mass is 348 g/mol. The van der Waals surface area contributed by atoms with E-state index in [0.29, 0.717) is 0 Å². The van der Waals surface area contributed by atoms with Crippen molar-refractivity contribution in [1.29, 1.82) is 0 Å². The highest BCUT2D eigenvalue weighted by Crippen LogP contribution is 2.39. The van der Waals surface area contributed by atoms with Crippen molar-refractivity contribution in [1.82, 2.24) is 0 Å². The van der Waals surface area contributed by atoms with Crippen LogP contribution in [-0.2, 0) is 4.43 Å². The van der Waals surface area contributed by atoms with Crippen LogP contribution in [0.3, 0.4) is 0 Å². The first-order chi connectivity index (χ1) is 11.7. The molecule has 0 atom stereocenters. The van der Waals surface area contributed by atoms with Gasteiger partial charge in [0.05, 0.1) is 0 Å². The number of hydrogen-bond donors (Lipinski definition) is 0. The standard InChI is InChI=1S/C23H28OSi/c1-19-15-17-20(18-16-19)11-10-14-22(21-12-8-7-9-13-21)24-25(5,6)23(2,3)4/h7-9,12-18H,1-6H3/b22-14-. The Kier molecular flexibility index (Phi) is 5.92. The van der Waals surface area contributed by atoms with Crippen molar-refractivity contribution in [2.24, 2.45) is 0 Å². The van der Waals surface area contributed by atoms with Crippen LogP contribution < -0.4 is 0 Å². The van der Waals surface area contributed by atoms with Gasteiger partial charge in [-0.2, -0.15) is 0 Å². The average molecular weight is 349 g/mol. The zero-order chi connectivity index (χ0) is 18.5. The van der Waals surface area contributed by atoms with E-state index in [2.05, 4.69) is 76.9 Å². The number of allylic oxidation sites excluding steroid dienone is 1. The van der Waals surface area contributed by atoms with Crippen molar-refractivity contribution in [3.63, 3.8) is 0 Å². The fourth-order valence-electron chi connectivity index (χ4n) is 2.02. The lowest BCUT2D eigenvalue weighted by Gasteiger charge is -2.37. The Morgan fingerprint density at radius 2 is 1.56 bits per heavy atom. The van der Waals surface area contributed by atoms with Crippen LogP contribution >= 0.6 is 0 Å². The van der Waals surface area contributed by atoms with Gasteiger partial charge in [-0.05, 0) is 37.2 Å². The molecule has 0 radical (unpaired) electrons. The van der Waals surface area contributed by atoms with Crippen LogP contribution in [-0.4, -0.2) is 8.32 Å². The molecule has 2 heteroatoms. The molecule has 0 heterocycles. The predicted molar refractivity (Wildman–Crippen MR) is 111 cm³/mol. The second-order valence-corrected chi connectivity index (χ2v) is 12.6. The Morgan fingerprint density at radius 1 is 0.960 bits per heavy atom. The zero-order valence-corrected chi connectivity index (χ0v) is 17.2. The third-order valence-corrected chi connectivity index (χ3v) is 9.04. The van der Waals surface area contributed by atoms with E-state index in [9.17, 15) is 0 Å². The highest BCUT2D eigenvalue weighted by atomic mass is 28.4. The van der Waals surface area contributed by atoms with Gasteiger partial charge < -0.3 is 4.43 Å². The minimum atomic E-state index is -1.92. The third kappa shape index (κ3) is 5.37. The molecule has 0 aliphatic carbocycles. The van der Waals surface area contributed by atoms with Gasteiger partial charge in [-0.25, -0.2) is 0 Å². The van der Waals surface area contributed by atoms with E-state index in [-0.39, 0.29) is 5.04 Å². The van der Waals surface area contributed by atoms with Gasteiger partial charge in [0.15, 0.2) is 0 Å². The molecule has 0 unspecified atom stereocenters. The fraction of sp³-hybridized carbons (Fsp3) is 0.304. The van der Waals surface area contributed by atoms with Gasteiger partial charge in [0.2, 0.25) is 0 Å². The molecule has 2 aromatic rings. The van der Waals surface area contributed by atoms with Gasteiger partial charge in [0.1, 0.15) is 5.76 Å². The summed E-state index contributed by atoms with van der Waals surface area (Å²) in [4.78, 5) is 0. The summed E-state index contributed by atoms with van der Waals surface area (Å²) < 4.78 is 6.54. The Bertz CT molecular complexity index is 782. The van der Waals surface area contributed by atoms with E-state index in [4.69, 9.17) is 4.43 Å². The van der Waals surface area contributed by atoms with Crippen molar-refractivity contribution in [2.75, 3.05) is 0 Å². The molecule has 0 aliphatic rings. The smallest absolute Gasteiger partial charge is 0.250 e. The number of hydrogen-bond acceptors (Lipinski definition) is 1. The van der Waals surface area contributed by atoms with Crippen molar-refractivity contribution in [3.8, 4) is 11.8 Å². The van der Waals surface area contributed by atoms with Crippen LogP contribution in [0.4, 0.5) is 0 Å². The van der Waals surface area contributed by atoms with Gasteiger partial charge in [-0.1, -0.05) is 80.6 Å². The highest BCUT2D eigenvalue weighted by molar-refractivity contribution is 6.74. The molecule has 0 fully saturated rings. The van der Waals surface area contributed by atoms with E-state index < -0.39 is 8.32 Å². The Hall–Kier alpha value is -2.24. The SMILES string of the molecule is Cc1ccc(C#C/C=C(\O[Si](C)(C)C(C)(C)C)c2ccccc2)cc1. The summed E-state index contributed by atoms with van der Waals surface area (Å²) in [6.07, 6.45) is 1.91. The topological polar surface area (TPSA) is 9.23 Å². The van der Waals surface area contributed by atoms with Crippen LogP contribution in [0.2, 0.25) is 18.1 Å². The lowest BCUT2D eigenvalue weighted by Crippen LogP contribution is -2.40. The maximum atomic E-state index is 6.54. The van der Waals surface area contributed by atoms with E-state index in [1.807, 2.05) is 36.4 Å². The van der Waals surface area contributed by atoms with Crippen LogP contribution in [0.1, 0.15) is 37.5 Å².